The number of carbonyl (C=O) groups excluding carboxylic acids is 1. The number of benzene rings is 1. The first kappa shape index (κ1) is 30.4. The first-order valence-corrected chi connectivity index (χ1v) is 15.9. The zero-order valence-electron chi connectivity index (χ0n) is 23.6. The van der Waals surface area contributed by atoms with Crippen molar-refractivity contribution >= 4 is 27.1 Å². The second-order valence-electron chi connectivity index (χ2n) is 10.9. The van der Waals surface area contributed by atoms with Crippen LogP contribution < -0.4 is 5.32 Å². The van der Waals surface area contributed by atoms with Gasteiger partial charge in [0.25, 0.3) is 0 Å². The summed E-state index contributed by atoms with van der Waals surface area (Å²) in [7, 11) is -2.12. The highest BCUT2D eigenvalue weighted by Crippen LogP contribution is 2.59. The minimum Gasteiger partial charge on any atom is -0.358 e. The van der Waals surface area contributed by atoms with Crippen LogP contribution in [0.1, 0.15) is 48.2 Å². The molecule has 9 nitrogen and oxygen atoms in total. The quantitative estimate of drug-likeness (QED) is 0.191. The van der Waals surface area contributed by atoms with E-state index in [1.54, 1.807) is 29.4 Å². The predicted molar refractivity (Wildman–Crippen MR) is 154 cm³/mol. The van der Waals surface area contributed by atoms with E-state index in [9.17, 15) is 26.6 Å². The molecule has 1 amide bonds. The van der Waals surface area contributed by atoms with E-state index >= 15 is 0 Å². The van der Waals surface area contributed by atoms with E-state index in [-0.39, 0.29) is 36.4 Å². The molecular formula is C29H30F4N6O3S. The Morgan fingerprint density at radius 1 is 1.16 bits per heavy atom. The standard InChI is InChI=1S/C29H30F4N6O3S/c1-4-23-20(17-39(37-23)9-10-43(2,3)41)12-25-34-15-21(16-35-25)18-5-6-19(22(30)11-18)13-27(40)36-26-14-24(42-38-26)28(7-8-28)29(31,32)33/h5-6,11,14-17H,2,4,7-10,12-13H2,1,3H3,(H,36,38,40). The van der Waals surface area contributed by atoms with Crippen LogP contribution in [0.5, 0.6) is 0 Å². The fourth-order valence-electron chi connectivity index (χ4n) is 4.70. The lowest BCUT2D eigenvalue weighted by Crippen LogP contribution is -2.28. The molecule has 5 rings (SSSR count). The summed E-state index contributed by atoms with van der Waals surface area (Å²) in [6, 6.07) is 5.41. The molecule has 1 fully saturated rings. The number of hydrogen-bond acceptors (Lipinski definition) is 7. The van der Waals surface area contributed by atoms with Crippen LogP contribution >= 0.6 is 0 Å². The molecule has 0 spiro atoms. The molecule has 0 saturated heterocycles. The molecule has 0 radical (unpaired) electrons. The van der Waals surface area contributed by atoms with E-state index in [2.05, 4.69) is 31.4 Å². The third-order valence-corrected chi connectivity index (χ3v) is 8.39. The maximum atomic E-state index is 14.9. The number of alkyl halides is 3. The van der Waals surface area contributed by atoms with Crippen molar-refractivity contribution in [1.82, 2.24) is 24.9 Å². The van der Waals surface area contributed by atoms with Crippen LogP contribution in [-0.4, -0.2) is 59.1 Å². The molecule has 0 bridgehead atoms. The molecule has 1 aliphatic rings. The maximum absolute atomic E-state index is 14.9. The molecule has 4 aromatic rings. The Hall–Kier alpha value is -4.07. The lowest BCUT2D eigenvalue weighted by molar-refractivity contribution is -0.165. The van der Waals surface area contributed by atoms with E-state index < -0.39 is 32.8 Å². The van der Waals surface area contributed by atoms with Crippen LogP contribution in [0.2, 0.25) is 0 Å². The van der Waals surface area contributed by atoms with Gasteiger partial charge in [0.05, 0.1) is 18.7 Å². The van der Waals surface area contributed by atoms with Crippen molar-refractivity contribution in [3.8, 4) is 11.1 Å². The number of nitrogens with one attached hydrogen (secondary N) is 1. The van der Waals surface area contributed by atoms with E-state index in [0.29, 0.717) is 42.1 Å². The summed E-state index contributed by atoms with van der Waals surface area (Å²) in [5, 5.41) is 10.5. The summed E-state index contributed by atoms with van der Waals surface area (Å²) < 4.78 is 73.3. The normalized spacial score (nSPS) is 15.7. The topological polar surface area (TPSA) is 116 Å². The number of halogens is 4. The van der Waals surface area contributed by atoms with Crippen molar-refractivity contribution in [2.24, 2.45) is 0 Å². The van der Waals surface area contributed by atoms with Crippen molar-refractivity contribution in [2.45, 2.75) is 57.2 Å². The van der Waals surface area contributed by atoms with Crippen LogP contribution in [0.15, 0.2) is 47.4 Å². The average Bonchev–Trinajstić information content (AvgIpc) is 3.49. The molecule has 3 heterocycles. The van der Waals surface area contributed by atoms with E-state index in [1.165, 1.54) is 12.1 Å². The van der Waals surface area contributed by atoms with Gasteiger partial charge in [0, 0.05) is 54.2 Å². The van der Waals surface area contributed by atoms with Gasteiger partial charge in [0.1, 0.15) is 17.1 Å². The van der Waals surface area contributed by atoms with Crippen molar-refractivity contribution in [2.75, 3.05) is 17.3 Å². The number of amides is 1. The Kier molecular flexibility index (Phi) is 8.16. The van der Waals surface area contributed by atoms with Crippen LogP contribution in [0.4, 0.5) is 23.4 Å². The van der Waals surface area contributed by atoms with Gasteiger partial charge in [-0.2, -0.15) is 18.3 Å². The zero-order chi connectivity index (χ0) is 31.0. The lowest BCUT2D eigenvalue weighted by Gasteiger charge is -2.14. The molecule has 14 heteroatoms. The highest BCUT2D eigenvalue weighted by Gasteiger charge is 2.66. The number of anilines is 1. The van der Waals surface area contributed by atoms with Gasteiger partial charge in [-0.15, -0.1) is 0 Å². The molecule has 1 saturated carbocycles. The molecule has 228 valence electrons. The number of aryl methyl sites for hydroxylation is 2. The van der Waals surface area contributed by atoms with Gasteiger partial charge in [0.15, 0.2) is 11.6 Å². The Balaban J connectivity index is 1.20. The van der Waals surface area contributed by atoms with Crippen molar-refractivity contribution < 1.29 is 31.1 Å². The minimum atomic E-state index is -4.47. The molecule has 1 unspecified atom stereocenters. The van der Waals surface area contributed by atoms with E-state index in [0.717, 1.165) is 17.3 Å². The Morgan fingerprint density at radius 3 is 2.49 bits per heavy atom. The van der Waals surface area contributed by atoms with Gasteiger partial charge in [-0.25, -0.2) is 14.4 Å². The third kappa shape index (κ3) is 6.95. The highest BCUT2D eigenvalue weighted by molar-refractivity contribution is 7.99. The Morgan fingerprint density at radius 2 is 1.88 bits per heavy atom. The predicted octanol–water partition coefficient (Wildman–Crippen LogP) is 4.74. The van der Waals surface area contributed by atoms with E-state index in [1.807, 2.05) is 13.1 Å². The van der Waals surface area contributed by atoms with Gasteiger partial charge in [-0.3, -0.25) is 13.7 Å². The van der Waals surface area contributed by atoms with Gasteiger partial charge in [-0.05, 0) is 51.8 Å². The SMILES string of the molecule is C=S(C)(=O)CCn1cc(Cc2ncc(-c3ccc(CC(=O)Nc4cc(C5(C(F)(F)F)CC5)on4)c(F)c3)cn2)c(CC)n1. The summed E-state index contributed by atoms with van der Waals surface area (Å²) >= 11 is 0. The molecular weight excluding hydrogens is 588 g/mol. The Bertz CT molecular complexity index is 1740. The van der Waals surface area contributed by atoms with Crippen LogP contribution in [0.3, 0.4) is 0 Å². The second-order valence-corrected chi connectivity index (χ2v) is 13.6. The first-order valence-electron chi connectivity index (χ1n) is 13.5. The fraction of sp³-hybridized carbons (Fsp3) is 0.379. The molecule has 1 aliphatic carbocycles. The fourth-order valence-corrected chi connectivity index (χ4v) is 5.27. The number of nitrogens with zero attached hydrogens (tertiary/aromatic N) is 5. The average molecular weight is 619 g/mol. The van der Waals surface area contributed by atoms with Gasteiger partial charge in [-0.1, -0.05) is 24.2 Å². The Labute approximate surface area is 245 Å². The van der Waals surface area contributed by atoms with Crippen LogP contribution in [-0.2, 0) is 45.5 Å². The third-order valence-electron chi connectivity index (χ3n) is 7.34. The second kappa shape index (κ2) is 11.5. The summed E-state index contributed by atoms with van der Waals surface area (Å²) in [4.78, 5) is 21.3. The summed E-state index contributed by atoms with van der Waals surface area (Å²) in [5.41, 5.74) is 0.993. The van der Waals surface area contributed by atoms with Crippen LogP contribution in [0.25, 0.3) is 11.1 Å². The lowest BCUT2D eigenvalue weighted by atomic mass is 10.0. The van der Waals surface area contributed by atoms with Crippen molar-refractivity contribution in [3.05, 3.63) is 77.1 Å². The van der Waals surface area contributed by atoms with Crippen molar-refractivity contribution in [3.63, 3.8) is 0 Å². The largest absolute Gasteiger partial charge is 0.401 e. The summed E-state index contributed by atoms with van der Waals surface area (Å²) in [5.74, 6) is 2.87. The molecule has 1 N–H and O–H groups in total. The van der Waals surface area contributed by atoms with Crippen LogP contribution in [0, 0.1) is 5.82 Å². The number of carbonyl (C=O) groups is 1. The monoisotopic (exact) mass is 618 g/mol. The first-order chi connectivity index (χ1) is 20.3. The smallest absolute Gasteiger partial charge is 0.358 e. The highest BCUT2D eigenvalue weighted by atomic mass is 32.2. The molecule has 1 aromatic carbocycles. The number of hydrogen-bond donors (Lipinski definition) is 1. The van der Waals surface area contributed by atoms with Gasteiger partial charge in [0.2, 0.25) is 5.91 Å². The molecule has 1 atom stereocenters. The van der Waals surface area contributed by atoms with Gasteiger partial charge < -0.3 is 9.84 Å². The number of rotatable bonds is 11. The van der Waals surface area contributed by atoms with Gasteiger partial charge >= 0.3 is 6.18 Å². The van der Waals surface area contributed by atoms with E-state index in [4.69, 9.17) is 4.52 Å². The maximum Gasteiger partial charge on any atom is 0.401 e. The summed E-state index contributed by atoms with van der Waals surface area (Å²) in [6.07, 6.45) is 2.84. The summed E-state index contributed by atoms with van der Waals surface area (Å²) in [6.45, 7) is 2.50. The van der Waals surface area contributed by atoms with Crippen molar-refractivity contribution in [1.29, 1.82) is 0 Å². The minimum absolute atomic E-state index is 0.0957. The molecule has 43 heavy (non-hydrogen) atoms. The molecule has 3 aromatic heterocycles. The number of aromatic nitrogens is 5. The zero-order valence-corrected chi connectivity index (χ0v) is 24.4. The molecule has 0 aliphatic heterocycles.